The Labute approximate surface area is 154 Å². The minimum atomic E-state index is 0.753. The first-order valence-corrected chi connectivity index (χ1v) is 11.7. The van der Waals surface area contributed by atoms with E-state index in [4.69, 9.17) is 0 Å². The summed E-state index contributed by atoms with van der Waals surface area (Å²) in [6, 6.07) is 0. The molecule has 0 aromatic heterocycles. The Balaban J connectivity index is 2.58. The van der Waals surface area contributed by atoms with Gasteiger partial charge in [-0.15, -0.1) is 0 Å². The van der Waals surface area contributed by atoms with Crippen LogP contribution in [-0.4, -0.2) is 0 Å². The van der Waals surface area contributed by atoms with Gasteiger partial charge < -0.3 is 0 Å². The molecule has 0 heteroatoms. The van der Waals surface area contributed by atoms with Crippen LogP contribution in [0.25, 0.3) is 0 Å². The van der Waals surface area contributed by atoms with E-state index in [0.29, 0.717) is 0 Å². The summed E-state index contributed by atoms with van der Waals surface area (Å²) in [4.78, 5) is 0. The van der Waals surface area contributed by atoms with Crippen LogP contribution in [0.1, 0.15) is 143 Å². The number of hydrogen-bond acceptors (Lipinski definition) is 0. The second-order valence-corrected chi connectivity index (χ2v) is 9.18. The molecule has 0 nitrogen and oxygen atoms in total. The molecule has 0 radical (unpaired) electrons. The van der Waals surface area contributed by atoms with Gasteiger partial charge in [-0.1, -0.05) is 105 Å². The first-order valence-electron chi connectivity index (χ1n) is 11.7. The summed E-state index contributed by atoms with van der Waals surface area (Å²) in [5.74, 6) is 0. The fraction of sp³-hybridized carbons (Fsp3) is 1.00. The van der Waals surface area contributed by atoms with Gasteiger partial charge >= 0.3 is 0 Å². The first-order chi connectivity index (χ1) is 11.7. The molecule has 0 saturated heterocycles. The van der Waals surface area contributed by atoms with Crippen molar-refractivity contribution >= 4 is 0 Å². The Hall–Kier alpha value is 0. The van der Waals surface area contributed by atoms with E-state index < -0.39 is 0 Å². The fourth-order valence-electron chi connectivity index (χ4n) is 5.50. The van der Waals surface area contributed by atoms with Gasteiger partial charge in [0.2, 0.25) is 0 Å². The van der Waals surface area contributed by atoms with Crippen molar-refractivity contribution in [3.8, 4) is 0 Å². The highest BCUT2D eigenvalue weighted by Gasteiger charge is 2.51. The predicted octanol–water partition coefficient (Wildman–Crippen LogP) is 9.07. The van der Waals surface area contributed by atoms with Crippen LogP contribution < -0.4 is 0 Å². The second-order valence-electron chi connectivity index (χ2n) is 9.18. The minimum Gasteiger partial charge on any atom is -0.0654 e. The highest BCUT2D eigenvalue weighted by atomic mass is 14.6. The molecule has 1 rings (SSSR count). The van der Waals surface area contributed by atoms with Gasteiger partial charge in [-0.3, -0.25) is 0 Å². The standard InChI is InChI=1S/C24H48/c1-5-9-13-17-23(18-14-10-6-2)21-24(22-23,19-15-11-7-3)20-16-12-8-4/h5-22H2,1-4H3. The molecular formula is C24H48. The molecule has 1 saturated carbocycles. The Kier molecular flexibility index (Phi) is 11.4. The molecule has 0 N–H and O–H groups in total. The molecular weight excluding hydrogens is 288 g/mol. The summed E-state index contributed by atoms with van der Waals surface area (Å²) in [5, 5.41) is 0. The van der Waals surface area contributed by atoms with E-state index in [-0.39, 0.29) is 0 Å². The minimum absolute atomic E-state index is 0.753. The lowest BCUT2D eigenvalue weighted by Crippen LogP contribution is -2.46. The highest BCUT2D eigenvalue weighted by Crippen LogP contribution is 2.63. The van der Waals surface area contributed by atoms with Crippen molar-refractivity contribution in [1.29, 1.82) is 0 Å². The third kappa shape index (κ3) is 7.49. The Morgan fingerprint density at radius 2 is 0.667 bits per heavy atom. The zero-order valence-corrected chi connectivity index (χ0v) is 17.7. The van der Waals surface area contributed by atoms with Gasteiger partial charge in [0.25, 0.3) is 0 Å². The Morgan fingerprint density at radius 1 is 0.417 bits per heavy atom. The molecule has 1 fully saturated rings. The van der Waals surface area contributed by atoms with Crippen molar-refractivity contribution in [2.45, 2.75) is 143 Å². The van der Waals surface area contributed by atoms with Crippen molar-refractivity contribution in [2.75, 3.05) is 0 Å². The lowest BCUT2D eigenvalue weighted by atomic mass is 9.47. The third-order valence-corrected chi connectivity index (χ3v) is 6.74. The van der Waals surface area contributed by atoms with Gasteiger partial charge in [-0.2, -0.15) is 0 Å². The largest absolute Gasteiger partial charge is 0.0654 e. The average Bonchev–Trinajstić information content (AvgIpc) is 2.54. The number of hydrogen-bond donors (Lipinski definition) is 0. The lowest BCUT2D eigenvalue weighted by Gasteiger charge is -2.58. The third-order valence-electron chi connectivity index (χ3n) is 6.74. The zero-order valence-electron chi connectivity index (χ0n) is 17.7. The molecule has 0 heterocycles. The van der Waals surface area contributed by atoms with Crippen LogP contribution in [0.3, 0.4) is 0 Å². The zero-order chi connectivity index (χ0) is 17.7. The van der Waals surface area contributed by atoms with Crippen LogP contribution in [0.4, 0.5) is 0 Å². The van der Waals surface area contributed by atoms with Crippen LogP contribution in [0.15, 0.2) is 0 Å². The van der Waals surface area contributed by atoms with E-state index in [1.165, 1.54) is 103 Å². The predicted molar refractivity (Wildman–Crippen MR) is 111 cm³/mol. The fourth-order valence-corrected chi connectivity index (χ4v) is 5.50. The van der Waals surface area contributed by atoms with Gasteiger partial charge in [0.15, 0.2) is 0 Å². The molecule has 0 aromatic carbocycles. The topological polar surface area (TPSA) is 0 Å². The van der Waals surface area contributed by atoms with Crippen LogP contribution in [0, 0.1) is 10.8 Å². The van der Waals surface area contributed by atoms with E-state index in [1.807, 2.05) is 0 Å². The van der Waals surface area contributed by atoms with Gasteiger partial charge in [-0.05, 0) is 49.4 Å². The van der Waals surface area contributed by atoms with E-state index in [1.54, 1.807) is 12.8 Å². The van der Waals surface area contributed by atoms with E-state index >= 15 is 0 Å². The maximum atomic E-state index is 2.35. The van der Waals surface area contributed by atoms with Crippen molar-refractivity contribution in [3.63, 3.8) is 0 Å². The average molecular weight is 337 g/mol. The SMILES string of the molecule is CCCCCC1(CCCCC)CC(CCCCC)(CCCCC)C1. The summed E-state index contributed by atoms with van der Waals surface area (Å²) >= 11 is 0. The van der Waals surface area contributed by atoms with Crippen molar-refractivity contribution < 1.29 is 0 Å². The van der Waals surface area contributed by atoms with E-state index in [0.717, 1.165) is 10.8 Å². The van der Waals surface area contributed by atoms with Crippen LogP contribution in [-0.2, 0) is 0 Å². The maximum absolute atomic E-state index is 2.35. The summed E-state index contributed by atoms with van der Waals surface area (Å²) < 4.78 is 0. The van der Waals surface area contributed by atoms with E-state index in [2.05, 4.69) is 27.7 Å². The van der Waals surface area contributed by atoms with Crippen molar-refractivity contribution in [2.24, 2.45) is 10.8 Å². The summed E-state index contributed by atoms with van der Waals surface area (Å²) in [5.41, 5.74) is 1.51. The van der Waals surface area contributed by atoms with E-state index in [9.17, 15) is 0 Å². The van der Waals surface area contributed by atoms with Crippen molar-refractivity contribution in [3.05, 3.63) is 0 Å². The highest BCUT2D eigenvalue weighted by molar-refractivity contribution is 5.02. The normalized spacial score (nSPS) is 18.5. The van der Waals surface area contributed by atoms with Gasteiger partial charge in [-0.25, -0.2) is 0 Å². The summed E-state index contributed by atoms with van der Waals surface area (Å²) in [7, 11) is 0. The quantitative estimate of drug-likeness (QED) is 0.246. The Bertz CT molecular complexity index is 232. The summed E-state index contributed by atoms with van der Waals surface area (Å²) in [6.07, 6.45) is 26.6. The number of unbranched alkanes of at least 4 members (excludes halogenated alkanes) is 8. The number of rotatable bonds is 16. The molecule has 0 atom stereocenters. The monoisotopic (exact) mass is 336 g/mol. The molecule has 0 aliphatic heterocycles. The summed E-state index contributed by atoms with van der Waals surface area (Å²) in [6.45, 7) is 9.41. The molecule has 0 spiro atoms. The maximum Gasteiger partial charge on any atom is -0.0287 e. The smallest absolute Gasteiger partial charge is 0.0287 e. The van der Waals surface area contributed by atoms with Crippen LogP contribution in [0.5, 0.6) is 0 Å². The van der Waals surface area contributed by atoms with Gasteiger partial charge in [0.05, 0.1) is 0 Å². The van der Waals surface area contributed by atoms with Crippen LogP contribution >= 0.6 is 0 Å². The first kappa shape index (κ1) is 22.0. The molecule has 24 heavy (non-hydrogen) atoms. The van der Waals surface area contributed by atoms with Gasteiger partial charge in [0, 0.05) is 0 Å². The van der Waals surface area contributed by atoms with Gasteiger partial charge in [0.1, 0.15) is 0 Å². The molecule has 144 valence electrons. The van der Waals surface area contributed by atoms with Crippen molar-refractivity contribution in [1.82, 2.24) is 0 Å². The Morgan fingerprint density at radius 3 is 0.875 bits per heavy atom. The molecule has 0 amide bonds. The molecule has 1 aliphatic carbocycles. The molecule has 0 unspecified atom stereocenters. The molecule has 1 aliphatic rings. The lowest BCUT2D eigenvalue weighted by molar-refractivity contribution is -0.0708. The molecule has 0 bridgehead atoms. The van der Waals surface area contributed by atoms with Crippen LogP contribution in [0.2, 0.25) is 0 Å². The molecule has 0 aromatic rings. The second kappa shape index (κ2) is 12.4.